The molecule has 2 aromatic carbocycles. The van der Waals surface area contributed by atoms with Gasteiger partial charge in [0.2, 0.25) is 0 Å². The first-order chi connectivity index (χ1) is 15.2. The summed E-state index contributed by atoms with van der Waals surface area (Å²) in [4.78, 5) is 1.22. The van der Waals surface area contributed by atoms with Crippen molar-refractivity contribution in [2.45, 2.75) is 17.7 Å². The molecule has 0 fully saturated rings. The average molecular weight is 449 g/mol. The Labute approximate surface area is 188 Å². The molecule has 31 heavy (non-hydrogen) atoms. The van der Waals surface area contributed by atoms with Crippen LogP contribution < -0.4 is 4.74 Å². The molecule has 156 valence electrons. The van der Waals surface area contributed by atoms with E-state index < -0.39 is 6.10 Å². The largest absolute Gasteiger partial charge is 0.491 e. The lowest BCUT2D eigenvalue weighted by Crippen LogP contribution is -2.20. The van der Waals surface area contributed by atoms with Crippen LogP contribution >= 0.6 is 23.1 Å². The van der Waals surface area contributed by atoms with Gasteiger partial charge in [0.1, 0.15) is 18.2 Å². The first-order valence-corrected chi connectivity index (χ1v) is 11.6. The van der Waals surface area contributed by atoms with Crippen molar-refractivity contribution in [1.82, 2.24) is 14.8 Å². The van der Waals surface area contributed by atoms with Gasteiger partial charge in [0.05, 0.1) is 17.7 Å². The third kappa shape index (κ3) is 5.52. The normalized spacial score (nSPS) is 11.7. The number of para-hydroxylation sites is 1. The van der Waals surface area contributed by atoms with Crippen LogP contribution in [0.2, 0.25) is 0 Å². The van der Waals surface area contributed by atoms with Crippen LogP contribution in [0, 0.1) is 11.3 Å². The van der Waals surface area contributed by atoms with Crippen molar-refractivity contribution >= 4 is 23.1 Å². The molecule has 0 aliphatic rings. The molecule has 6 nitrogen and oxygen atoms in total. The first-order valence-electron chi connectivity index (χ1n) is 9.69. The number of rotatable bonds is 9. The standard InChI is InChI=1S/C23H20N4O2S2/c24-14-17-8-10-20(11-9-17)29-15-19(28)16-31-23-26-25-22(13-21-7-4-12-30-21)27(23)18-5-2-1-3-6-18/h1-12,19,28H,13,15-16H2. The molecule has 0 saturated carbocycles. The molecule has 4 rings (SSSR count). The number of ether oxygens (including phenoxy) is 1. The average Bonchev–Trinajstić information content (AvgIpc) is 3.47. The molecule has 1 N–H and O–H groups in total. The second-order valence-electron chi connectivity index (χ2n) is 6.74. The van der Waals surface area contributed by atoms with Gasteiger partial charge >= 0.3 is 0 Å². The maximum Gasteiger partial charge on any atom is 0.195 e. The molecule has 4 aromatic rings. The van der Waals surface area contributed by atoms with Gasteiger partial charge in [-0.3, -0.25) is 4.57 Å². The highest BCUT2D eigenvalue weighted by atomic mass is 32.2. The number of benzene rings is 2. The molecule has 0 aliphatic heterocycles. The summed E-state index contributed by atoms with van der Waals surface area (Å²) in [5.74, 6) is 1.90. The van der Waals surface area contributed by atoms with E-state index in [2.05, 4.69) is 27.7 Å². The maximum atomic E-state index is 10.4. The van der Waals surface area contributed by atoms with E-state index in [4.69, 9.17) is 10.00 Å². The molecule has 0 amide bonds. The fraction of sp³-hybridized carbons (Fsp3) is 0.174. The number of aliphatic hydroxyl groups is 1. The highest BCUT2D eigenvalue weighted by Crippen LogP contribution is 2.25. The predicted molar refractivity (Wildman–Crippen MR) is 122 cm³/mol. The Morgan fingerprint density at radius 3 is 2.58 bits per heavy atom. The van der Waals surface area contributed by atoms with Crippen LogP contribution in [0.3, 0.4) is 0 Å². The molecule has 1 unspecified atom stereocenters. The van der Waals surface area contributed by atoms with E-state index in [1.54, 1.807) is 35.6 Å². The molecule has 0 spiro atoms. The Morgan fingerprint density at radius 2 is 1.87 bits per heavy atom. The van der Waals surface area contributed by atoms with Crippen molar-refractivity contribution < 1.29 is 9.84 Å². The van der Waals surface area contributed by atoms with E-state index in [0.29, 0.717) is 23.5 Å². The van der Waals surface area contributed by atoms with E-state index >= 15 is 0 Å². The third-order valence-electron chi connectivity index (χ3n) is 4.46. The number of hydrogen-bond acceptors (Lipinski definition) is 7. The van der Waals surface area contributed by atoms with Gasteiger partial charge in [-0.05, 0) is 47.8 Å². The Hall–Kier alpha value is -3.12. The summed E-state index contributed by atoms with van der Waals surface area (Å²) in [7, 11) is 0. The van der Waals surface area contributed by atoms with Crippen LogP contribution in [-0.2, 0) is 6.42 Å². The Balaban J connectivity index is 1.42. The number of thiophene rings is 1. The minimum Gasteiger partial charge on any atom is -0.491 e. The van der Waals surface area contributed by atoms with Gasteiger partial charge in [-0.25, -0.2) is 0 Å². The van der Waals surface area contributed by atoms with Crippen LogP contribution in [0.25, 0.3) is 5.69 Å². The Kier molecular flexibility index (Phi) is 6.99. The molecule has 2 aromatic heterocycles. The number of aromatic nitrogens is 3. The Morgan fingerprint density at radius 1 is 1.06 bits per heavy atom. The highest BCUT2D eigenvalue weighted by molar-refractivity contribution is 7.99. The fourth-order valence-electron chi connectivity index (χ4n) is 2.95. The zero-order valence-electron chi connectivity index (χ0n) is 16.6. The van der Waals surface area contributed by atoms with Crippen molar-refractivity contribution in [3.05, 3.63) is 88.4 Å². The number of hydrogen-bond donors (Lipinski definition) is 1. The molecular formula is C23H20N4O2S2. The van der Waals surface area contributed by atoms with Gasteiger partial charge in [0.15, 0.2) is 5.16 Å². The zero-order chi connectivity index (χ0) is 21.5. The van der Waals surface area contributed by atoms with Crippen molar-refractivity contribution in [2.75, 3.05) is 12.4 Å². The number of nitriles is 1. The first kappa shape index (κ1) is 21.1. The van der Waals surface area contributed by atoms with Gasteiger partial charge in [-0.2, -0.15) is 5.26 Å². The van der Waals surface area contributed by atoms with Gasteiger partial charge in [0.25, 0.3) is 0 Å². The van der Waals surface area contributed by atoms with Gasteiger partial charge in [-0.1, -0.05) is 36.0 Å². The number of aliphatic hydroxyl groups excluding tert-OH is 1. The van der Waals surface area contributed by atoms with Gasteiger partial charge in [-0.15, -0.1) is 21.5 Å². The highest BCUT2D eigenvalue weighted by Gasteiger charge is 2.17. The SMILES string of the molecule is N#Cc1ccc(OCC(O)CSc2nnc(Cc3cccs3)n2-c2ccccc2)cc1. The van der Waals surface area contributed by atoms with Gasteiger partial charge < -0.3 is 9.84 Å². The second-order valence-corrected chi connectivity index (χ2v) is 8.76. The minimum atomic E-state index is -0.678. The summed E-state index contributed by atoms with van der Waals surface area (Å²) in [6.45, 7) is 0.153. The maximum absolute atomic E-state index is 10.4. The summed E-state index contributed by atoms with van der Waals surface area (Å²) in [6.07, 6.45) is 0.0205. The summed E-state index contributed by atoms with van der Waals surface area (Å²) in [5.41, 5.74) is 1.56. The van der Waals surface area contributed by atoms with E-state index in [1.165, 1.54) is 16.6 Å². The fourth-order valence-corrected chi connectivity index (χ4v) is 4.53. The third-order valence-corrected chi connectivity index (χ3v) is 6.41. The molecule has 1 atom stereocenters. The van der Waals surface area contributed by atoms with Crippen LogP contribution in [0.15, 0.2) is 77.3 Å². The summed E-state index contributed by atoms with van der Waals surface area (Å²) in [5, 5.41) is 30.8. The smallest absolute Gasteiger partial charge is 0.195 e. The van der Waals surface area contributed by atoms with Crippen LogP contribution in [0.5, 0.6) is 5.75 Å². The summed E-state index contributed by atoms with van der Waals surface area (Å²) < 4.78 is 7.67. The topological polar surface area (TPSA) is 84.0 Å². The van der Waals surface area contributed by atoms with Crippen LogP contribution in [0.4, 0.5) is 0 Å². The van der Waals surface area contributed by atoms with Crippen LogP contribution in [0.1, 0.15) is 16.3 Å². The molecular weight excluding hydrogens is 428 g/mol. The number of nitrogens with zero attached hydrogens (tertiary/aromatic N) is 4. The lowest BCUT2D eigenvalue weighted by atomic mass is 10.2. The lowest BCUT2D eigenvalue weighted by molar-refractivity contribution is 0.126. The molecule has 0 bridgehead atoms. The second kappa shape index (κ2) is 10.3. The minimum absolute atomic E-state index is 0.153. The lowest BCUT2D eigenvalue weighted by Gasteiger charge is -2.13. The van der Waals surface area contributed by atoms with Crippen molar-refractivity contribution in [3.63, 3.8) is 0 Å². The van der Waals surface area contributed by atoms with Crippen molar-refractivity contribution in [3.8, 4) is 17.5 Å². The molecule has 8 heteroatoms. The van der Waals surface area contributed by atoms with E-state index in [-0.39, 0.29) is 6.61 Å². The summed E-state index contributed by atoms with van der Waals surface area (Å²) in [6, 6.07) is 23.0. The molecule has 0 saturated heterocycles. The molecule has 0 radical (unpaired) electrons. The molecule has 2 heterocycles. The van der Waals surface area contributed by atoms with Gasteiger partial charge in [0, 0.05) is 22.7 Å². The van der Waals surface area contributed by atoms with Crippen LogP contribution in [-0.4, -0.2) is 38.3 Å². The monoisotopic (exact) mass is 448 g/mol. The van der Waals surface area contributed by atoms with E-state index in [0.717, 1.165) is 16.7 Å². The predicted octanol–water partition coefficient (Wildman–Crippen LogP) is 4.32. The van der Waals surface area contributed by atoms with Crippen molar-refractivity contribution in [2.24, 2.45) is 0 Å². The number of thioether (sulfide) groups is 1. The Bertz CT molecular complexity index is 1140. The summed E-state index contributed by atoms with van der Waals surface area (Å²) >= 11 is 3.14. The van der Waals surface area contributed by atoms with E-state index in [9.17, 15) is 5.11 Å². The molecule has 0 aliphatic carbocycles. The van der Waals surface area contributed by atoms with Crippen molar-refractivity contribution in [1.29, 1.82) is 5.26 Å². The quantitative estimate of drug-likeness (QED) is 0.384. The zero-order valence-corrected chi connectivity index (χ0v) is 18.2. The van der Waals surface area contributed by atoms with E-state index in [1.807, 2.05) is 41.0 Å².